The van der Waals surface area contributed by atoms with Crippen molar-refractivity contribution in [2.75, 3.05) is 40.9 Å². The number of amides is 1. The maximum atomic E-state index is 12.4. The molecule has 2 N–H and O–H groups in total. The van der Waals surface area contributed by atoms with Crippen molar-refractivity contribution in [3.05, 3.63) is 0 Å². The molecule has 0 radical (unpaired) electrons. The number of ether oxygens (including phenoxy) is 1. The highest BCUT2D eigenvalue weighted by molar-refractivity contribution is 5.80. The van der Waals surface area contributed by atoms with Crippen molar-refractivity contribution in [2.45, 2.75) is 43.7 Å². The zero-order valence-corrected chi connectivity index (χ0v) is 13.1. The van der Waals surface area contributed by atoms with E-state index in [0.717, 1.165) is 6.54 Å². The van der Waals surface area contributed by atoms with Crippen LogP contribution >= 0.6 is 0 Å². The van der Waals surface area contributed by atoms with E-state index in [2.05, 4.69) is 29.6 Å². The molecule has 2 fully saturated rings. The fourth-order valence-electron chi connectivity index (χ4n) is 3.47. The van der Waals surface area contributed by atoms with Gasteiger partial charge in [-0.25, -0.2) is 0 Å². The van der Waals surface area contributed by atoms with Crippen LogP contribution in [0.1, 0.15) is 32.1 Å². The van der Waals surface area contributed by atoms with Crippen LogP contribution in [-0.2, 0) is 9.53 Å². The molecule has 1 saturated carbocycles. The third-order valence-electron chi connectivity index (χ3n) is 5.11. The van der Waals surface area contributed by atoms with Gasteiger partial charge < -0.3 is 20.3 Å². The van der Waals surface area contributed by atoms with Crippen molar-refractivity contribution in [2.24, 2.45) is 5.92 Å². The molecular formula is C15H29N3O2. The second kappa shape index (κ2) is 6.87. The number of hydrogen-bond donors (Lipinski definition) is 2. The van der Waals surface area contributed by atoms with Crippen LogP contribution in [0.3, 0.4) is 0 Å². The molecule has 2 rings (SSSR count). The van der Waals surface area contributed by atoms with Crippen LogP contribution in [0.2, 0.25) is 0 Å². The van der Waals surface area contributed by atoms with E-state index in [1.54, 1.807) is 0 Å². The minimum absolute atomic E-state index is 0.0530. The Morgan fingerprint density at radius 3 is 2.55 bits per heavy atom. The van der Waals surface area contributed by atoms with Crippen molar-refractivity contribution in [1.29, 1.82) is 0 Å². The van der Waals surface area contributed by atoms with E-state index in [-0.39, 0.29) is 23.4 Å². The first-order chi connectivity index (χ1) is 9.59. The molecule has 0 aromatic heterocycles. The fraction of sp³-hybridized carbons (Fsp3) is 0.933. The molecule has 0 aromatic carbocycles. The van der Waals surface area contributed by atoms with Gasteiger partial charge in [0.1, 0.15) is 0 Å². The minimum atomic E-state index is -0.0530. The number of carbonyl (C=O) groups excluding carboxylic acids is 1. The van der Waals surface area contributed by atoms with Gasteiger partial charge in [0.25, 0.3) is 0 Å². The maximum absolute atomic E-state index is 12.4. The molecule has 5 heteroatoms. The van der Waals surface area contributed by atoms with Crippen molar-refractivity contribution in [3.63, 3.8) is 0 Å². The Morgan fingerprint density at radius 2 is 1.95 bits per heavy atom. The van der Waals surface area contributed by atoms with Crippen LogP contribution in [0.5, 0.6) is 0 Å². The summed E-state index contributed by atoms with van der Waals surface area (Å²) in [5.74, 6) is 0.0800. The van der Waals surface area contributed by atoms with E-state index in [0.29, 0.717) is 13.2 Å². The Morgan fingerprint density at radius 1 is 1.25 bits per heavy atom. The maximum Gasteiger partial charge on any atom is 0.227 e. The zero-order chi connectivity index (χ0) is 14.6. The van der Waals surface area contributed by atoms with Gasteiger partial charge in [-0.15, -0.1) is 0 Å². The lowest BCUT2D eigenvalue weighted by Gasteiger charge is -2.43. The Kier molecular flexibility index (Phi) is 5.41. The number of hydrogen-bond acceptors (Lipinski definition) is 4. The summed E-state index contributed by atoms with van der Waals surface area (Å²) in [5, 5.41) is 6.35. The predicted molar refractivity (Wildman–Crippen MR) is 79.7 cm³/mol. The van der Waals surface area contributed by atoms with Crippen LogP contribution in [0.25, 0.3) is 0 Å². The molecular weight excluding hydrogens is 254 g/mol. The number of rotatable bonds is 5. The van der Waals surface area contributed by atoms with Gasteiger partial charge in [0.15, 0.2) is 0 Å². The summed E-state index contributed by atoms with van der Waals surface area (Å²) in [7, 11) is 6.15. The molecule has 5 nitrogen and oxygen atoms in total. The predicted octanol–water partition coefficient (Wildman–Crippen LogP) is 0.602. The van der Waals surface area contributed by atoms with Gasteiger partial charge in [0.05, 0.1) is 19.1 Å². The molecule has 0 aromatic rings. The van der Waals surface area contributed by atoms with Crippen LogP contribution in [0.15, 0.2) is 0 Å². The van der Waals surface area contributed by atoms with Gasteiger partial charge in [-0.3, -0.25) is 4.79 Å². The van der Waals surface area contributed by atoms with Gasteiger partial charge in [-0.2, -0.15) is 0 Å². The first-order valence-electron chi connectivity index (χ1n) is 7.79. The molecule has 1 heterocycles. The molecule has 1 amide bonds. The average molecular weight is 283 g/mol. The molecule has 0 spiro atoms. The van der Waals surface area contributed by atoms with Crippen LogP contribution < -0.4 is 10.6 Å². The highest BCUT2D eigenvalue weighted by Gasteiger charge is 2.37. The van der Waals surface area contributed by atoms with Crippen molar-refractivity contribution < 1.29 is 9.53 Å². The molecule has 20 heavy (non-hydrogen) atoms. The summed E-state index contributed by atoms with van der Waals surface area (Å²) in [4.78, 5) is 14.7. The summed E-state index contributed by atoms with van der Waals surface area (Å²) in [6.45, 7) is 1.92. The average Bonchev–Trinajstić information content (AvgIpc) is 2.94. The largest absolute Gasteiger partial charge is 0.379 e. The second-order valence-corrected chi connectivity index (χ2v) is 6.44. The molecule has 1 saturated heterocycles. The SMILES string of the molecule is CNC1COCC1C(=O)NCC1(N(C)C)CCCCC1. The van der Waals surface area contributed by atoms with E-state index in [4.69, 9.17) is 4.74 Å². The summed E-state index contributed by atoms with van der Waals surface area (Å²) in [5.41, 5.74) is 0.141. The number of nitrogens with one attached hydrogen (secondary N) is 2. The highest BCUT2D eigenvalue weighted by atomic mass is 16.5. The van der Waals surface area contributed by atoms with Crippen LogP contribution in [0.4, 0.5) is 0 Å². The summed E-state index contributed by atoms with van der Waals surface area (Å²) < 4.78 is 5.41. The summed E-state index contributed by atoms with van der Waals surface area (Å²) in [6.07, 6.45) is 6.20. The van der Waals surface area contributed by atoms with Gasteiger partial charge in [-0.05, 0) is 34.0 Å². The molecule has 2 aliphatic rings. The van der Waals surface area contributed by atoms with Crippen LogP contribution in [0, 0.1) is 5.92 Å². The lowest BCUT2D eigenvalue weighted by atomic mass is 9.80. The normalized spacial score (nSPS) is 29.6. The first kappa shape index (κ1) is 15.7. The number of likely N-dealkylation sites (N-methyl/N-ethyl adjacent to an activating group) is 2. The third kappa shape index (κ3) is 3.32. The molecule has 2 atom stereocenters. The minimum Gasteiger partial charge on any atom is -0.379 e. The summed E-state index contributed by atoms with van der Waals surface area (Å²) in [6, 6.07) is 0.150. The molecule has 0 bridgehead atoms. The number of nitrogens with zero attached hydrogens (tertiary/aromatic N) is 1. The van der Waals surface area contributed by atoms with E-state index in [1.165, 1.54) is 32.1 Å². The zero-order valence-electron chi connectivity index (χ0n) is 13.1. The Hall–Kier alpha value is -0.650. The van der Waals surface area contributed by atoms with E-state index in [1.807, 2.05) is 7.05 Å². The van der Waals surface area contributed by atoms with Crippen molar-refractivity contribution in [3.8, 4) is 0 Å². The van der Waals surface area contributed by atoms with Gasteiger partial charge in [0.2, 0.25) is 5.91 Å². The lowest BCUT2D eigenvalue weighted by Crippen LogP contribution is -2.55. The molecule has 116 valence electrons. The highest BCUT2D eigenvalue weighted by Crippen LogP contribution is 2.31. The lowest BCUT2D eigenvalue weighted by molar-refractivity contribution is -0.126. The Labute approximate surface area is 122 Å². The van der Waals surface area contributed by atoms with E-state index < -0.39 is 0 Å². The van der Waals surface area contributed by atoms with Crippen molar-refractivity contribution >= 4 is 5.91 Å². The fourth-order valence-corrected chi connectivity index (χ4v) is 3.47. The topological polar surface area (TPSA) is 53.6 Å². The molecule has 2 unspecified atom stereocenters. The Balaban J connectivity index is 1.90. The third-order valence-corrected chi connectivity index (χ3v) is 5.11. The second-order valence-electron chi connectivity index (χ2n) is 6.44. The summed E-state index contributed by atoms with van der Waals surface area (Å²) >= 11 is 0. The molecule has 1 aliphatic heterocycles. The van der Waals surface area contributed by atoms with E-state index >= 15 is 0 Å². The first-order valence-corrected chi connectivity index (χ1v) is 7.79. The molecule has 1 aliphatic carbocycles. The van der Waals surface area contributed by atoms with Gasteiger partial charge >= 0.3 is 0 Å². The van der Waals surface area contributed by atoms with Gasteiger partial charge in [0, 0.05) is 18.1 Å². The quantitative estimate of drug-likeness (QED) is 0.776. The number of carbonyl (C=O) groups is 1. The van der Waals surface area contributed by atoms with Gasteiger partial charge in [-0.1, -0.05) is 19.3 Å². The Bertz CT molecular complexity index is 327. The van der Waals surface area contributed by atoms with Crippen LogP contribution in [-0.4, -0.2) is 63.3 Å². The monoisotopic (exact) mass is 283 g/mol. The van der Waals surface area contributed by atoms with E-state index in [9.17, 15) is 4.79 Å². The smallest absolute Gasteiger partial charge is 0.227 e. The standard InChI is InChI=1S/C15H29N3O2/c1-16-13-10-20-9-12(13)14(19)17-11-15(18(2)3)7-5-4-6-8-15/h12-13,16H,4-11H2,1-3H3,(H,17,19). The van der Waals surface area contributed by atoms with Crippen molar-refractivity contribution in [1.82, 2.24) is 15.5 Å².